The number of hydrogen-bond acceptors (Lipinski definition) is 5. The van der Waals surface area contributed by atoms with Gasteiger partial charge in [0, 0.05) is 11.6 Å². The molecule has 0 saturated heterocycles. The van der Waals surface area contributed by atoms with E-state index < -0.39 is 0 Å². The third-order valence-electron chi connectivity index (χ3n) is 3.44. The first-order valence-corrected chi connectivity index (χ1v) is 11.0. The molecule has 1 N–H and O–H groups in total. The van der Waals surface area contributed by atoms with Crippen molar-refractivity contribution in [3.63, 3.8) is 0 Å². The van der Waals surface area contributed by atoms with Gasteiger partial charge >= 0.3 is 0 Å². The Balaban J connectivity index is 1.60. The molecule has 140 valence electrons. The SMILES string of the molecule is O=C(CSc1nn(-c2ccc(Cl)c(Cl)c2)c(=S)s1)NCc1ccccc1Cl. The van der Waals surface area contributed by atoms with Crippen LogP contribution >= 0.6 is 70.1 Å². The molecule has 0 aliphatic heterocycles. The van der Waals surface area contributed by atoms with Crippen LogP contribution in [0.15, 0.2) is 46.8 Å². The Hall–Kier alpha value is -1.09. The number of hydrogen-bond donors (Lipinski definition) is 1. The van der Waals surface area contributed by atoms with Gasteiger partial charge in [-0.3, -0.25) is 4.79 Å². The maximum Gasteiger partial charge on any atom is 0.230 e. The summed E-state index contributed by atoms with van der Waals surface area (Å²) in [5.74, 6) is 0.121. The van der Waals surface area contributed by atoms with E-state index in [0.717, 1.165) is 11.3 Å². The standard InChI is InChI=1S/C17H12Cl3N3OS3/c18-12-4-2-1-3-10(12)8-21-15(24)9-26-16-22-23(17(25)27-16)11-5-6-13(19)14(20)7-11/h1-7H,8-9H2,(H,21,24). The minimum atomic E-state index is -0.109. The number of nitrogens with one attached hydrogen (secondary N) is 1. The van der Waals surface area contributed by atoms with Gasteiger partial charge < -0.3 is 5.32 Å². The lowest BCUT2D eigenvalue weighted by molar-refractivity contribution is -0.118. The predicted octanol–water partition coefficient (Wildman–Crippen LogP) is 6.03. The highest BCUT2D eigenvalue weighted by atomic mass is 35.5. The fraction of sp³-hybridized carbons (Fsp3) is 0.118. The number of benzene rings is 2. The lowest BCUT2D eigenvalue weighted by Crippen LogP contribution is -2.24. The zero-order valence-electron chi connectivity index (χ0n) is 13.6. The van der Waals surface area contributed by atoms with Gasteiger partial charge in [-0.25, -0.2) is 4.68 Å². The molecule has 4 nitrogen and oxygen atoms in total. The van der Waals surface area contributed by atoms with Gasteiger partial charge in [0.2, 0.25) is 5.91 Å². The summed E-state index contributed by atoms with van der Waals surface area (Å²) in [6.07, 6.45) is 0. The number of rotatable bonds is 6. The Kier molecular flexibility index (Phi) is 7.19. The Morgan fingerprint density at radius 3 is 2.67 bits per heavy atom. The second-order valence-electron chi connectivity index (χ2n) is 5.30. The van der Waals surface area contributed by atoms with Crippen molar-refractivity contribution in [1.29, 1.82) is 0 Å². The number of aromatic nitrogens is 2. The summed E-state index contributed by atoms with van der Waals surface area (Å²) >= 11 is 26.1. The van der Waals surface area contributed by atoms with Crippen LogP contribution in [0.1, 0.15) is 5.56 Å². The quantitative estimate of drug-likeness (QED) is 0.348. The van der Waals surface area contributed by atoms with Gasteiger partial charge in [0.25, 0.3) is 0 Å². The molecule has 3 rings (SSSR count). The molecule has 10 heteroatoms. The van der Waals surface area contributed by atoms with Crippen molar-refractivity contribution in [2.24, 2.45) is 0 Å². The first-order valence-electron chi connectivity index (χ1n) is 7.62. The fourth-order valence-electron chi connectivity index (χ4n) is 2.11. The van der Waals surface area contributed by atoms with E-state index in [1.165, 1.54) is 23.1 Å². The Labute approximate surface area is 184 Å². The Bertz CT molecular complexity index is 1040. The van der Waals surface area contributed by atoms with E-state index >= 15 is 0 Å². The third-order valence-corrected chi connectivity index (χ3v) is 6.91. The van der Waals surface area contributed by atoms with Crippen LogP contribution in [0.3, 0.4) is 0 Å². The van der Waals surface area contributed by atoms with Gasteiger partial charge in [0.15, 0.2) is 8.29 Å². The van der Waals surface area contributed by atoms with Gasteiger partial charge in [-0.1, -0.05) is 76.1 Å². The molecule has 1 amide bonds. The van der Waals surface area contributed by atoms with Gasteiger partial charge in [0.05, 0.1) is 21.5 Å². The Morgan fingerprint density at radius 2 is 1.93 bits per heavy atom. The van der Waals surface area contributed by atoms with E-state index in [9.17, 15) is 4.79 Å². The molecular formula is C17H12Cl3N3OS3. The summed E-state index contributed by atoms with van der Waals surface area (Å²) in [5, 5.41) is 8.81. The first kappa shape index (κ1) is 20.6. The molecule has 3 aromatic rings. The normalized spacial score (nSPS) is 10.8. The van der Waals surface area contributed by atoms with Crippen LogP contribution in [0.25, 0.3) is 5.69 Å². The maximum absolute atomic E-state index is 12.1. The van der Waals surface area contributed by atoms with E-state index in [-0.39, 0.29) is 11.7 Å². The molecule has 0 aliphatic carbocycles. The van der Waals surface area contributed by atoms with Crippen molar-refractivity contribution in [3.8, 4) is 5.69 Å². The summed E-state index contributed by atoms with van der Waals surface area (Å²) in [6.45, 7) is 0.381. The van der Waals surface area contributed by atoms with E-state index in [0.29, 0.717) is 29.9 Å². The number of thioether (sulfide) groups is 1. The van der Waals surface area contributed by atoms with Crippen molar-refractivity contribution < 1.29 is 4.79 Å². The number of nitrogens with zero attached hydrogens (tertiary/aromatic N) is 2. The van der Waals surface area contributed by atoms with E-state index in [1.807, 2.05) is 18.2 Å². The molecule has 0 unspecified atom stereocenters. The molecule has 27 heavy (non-hydrogen) atoms. The molecule has 0 atom stereocenters. The lowest BCUT2D eigenvalue weighted by atomic mass is 10.2. The average Bonchev–Trinajstić information content (AvgIpc) is 3.02. The summed E-state index contributed by atoms with van der Waals surface area (Å²) in [7, 11) is 0. The number of carbonyl (C=O) groups is 1. The number of amides is 1. The molecule has 2 aromatic carbocycles. The fourth-order valence-corrected chi connectivity index (χ4v) is 4.80. The molecule has 1 aromatic heterocycles. The van der Waals surface area contributed by atoms with Crippen LogP contribution in [0.4, 0.5) is 0 Å². The number of halogens is 3. The summed E-state index contributed by atoms with van der Waals surface area (Å²) in [5.41, 5.74) is 1.60. The largest absolute Gasteiger partial charge is 0.351 e. The second kappa shape index (κ2) is 9.41. The van der Waals surface area contributed by atoms with Crippen LogP contribution in [0.2, 0.25) is 15.1 Å². The summed E-state index contributed by atoms with van der Waals surface area (Å²) in [4.78, 5) is 12.1. The van der Waals surface area contributed by atoms with Gasteiger partial charge in [0.1, 0.15) is 0 Å². The molecule has 0 radical (unpaired) electrons. The molecule has 0 aliphatic rings. The van der Waals surface area contributed by atoms with Gasteiger partial charge in [-0.2, -0.15) is 0 Å². The highest BCUT2D eigenvalue weighted by molar-refractivity contribution is 8.01. The smallest absolute Gasteiger partial charge is 0.230 e. The Morgan fingerprint density at radius 1 is 1.15 bits per heavy atom. The van der Waals surface area contributed by atoms with Crippen LogP contribution in [-0.2, 0) is 11.3 Å². The van der Waals surface area contributed by atoms with Crippen molar-refractivity contribution in [1.82, 2.24) is 15.1 Å². The average molecular weight is 477 g/mol. The zero-order chi connectivity index (χ0) is 19.4. The second-order valence-corrected chi connectivity index (χ2v) is 9.37. The molecule has 0 saturated carbocycles. The van der Waals surface area contributed by atoms with Gasteiger partial charge in [-0.05, 0) is 42.0 Å². The monoisotopic (exact) mass is 475 g/mol. The van der Waals surface area contributed by atoms with Crippen LogP contribution in [0.5, 0.6) is 0 Å². The van der Waals surface area contributed by atoms with Crippen molar-refractivity contribution in [2.45, 2.75) is 10.9 Å². The van der Waals surface area contributed by atoms with Crippen LogP contribution in [-0.4, -0.2) is 21.4 Å². The molecule has 0 fully saturated rings. The highest BCUT2D eigenvalue weighted by Crippen LogP contribution is 2.27. The highest BCUT2D eigenvalue weighted by Gasteiger charge is 2.11. The molecular weight excluding hydrogens is 465 g/mol. The lowest BCUT2D eigenvalue weighted by Gasteiger charge is -2.06. The third kappa shape index (κ3) is 5.47. The minimum Gasteiger partial charge on any atom is -0.351 e. The van der Waals surface area contributed by atoms with Crippen molar-refractivity contribution >= 4 is 76.0 Å². The minimum absolute atomic E-state index is 0.109. The van der Waals surface area contributed by atoms with Crippen molar-refractivity contribution in [2.75, 3.05) is 5.75 Å². The van der Waals surface area contributed by atoms with Crippen LogP contribution < -0.4 is 5.32 Å². The van der Waals surface area contributed by atoms with E-state index in [2.05, 4.69) is 10.4 Å². The van der Waals surface area contributed by atoms with Crippen molar-refractivity contribution in [3.05, 3.63) is 67.1 Å². The van der Waals surface area contributed by atoms with E-state index in [4.69, 9.17) is 47.0 Å². The maximum atomic E-state index is 12.1. The topological polar surface area (TPSA) is 46.9 Å². The number of carbonyl (C=O) groups excluding carboxylic acids is 1. The summed E-state index contributed by atoms with van der Waals surface area (Å²) in [6, 6.07) is 12.6. The molecule has 0 bridgehead atoms. The first-order chi connectivity index (χ1) is 12.9. The van der Waals surface area contributed by atoms with E-state index in [1.54, 1.807) is 28.9 Å². The molecule has 0 spiro atoms. The molecule has 1 heterocycles. The summed E-state index contributed by atoms with van der Waals surface area (Å²) < 4.78 is 2.86. The van der Waals surface area contributed by atoms with Gasteiger partial charge in [-0.15, -0.1) is 5.10 Å². The van der Waals surface area contributed by atoms with Crippen LogP contribution in [0, 0.1) is 3.95 Å². The predicted molar refractivity (Wildman–Crippen MR) is 116 cm³/mol. The zero-order valence-corrected chi connectivity index (χ0v) is 18.3.